The molecule has 0 aliphatic carbocycles. The van der Waals surface area contributed by atoms with Crippen LogP contribution in [0.25, 0.3) is 5.69 Å². The van der Waals surface area contributed by atoms with Crippen molar-refractivity contribution in [3.8, 4) is 11.4 Å². The van der Waals surface area contributed by atoms with E-state index in [9.17, 15) is 22.8 Å². The Balaban J connectivity index is 1.93. The summed E-state index contributed by atoms with van der Waals surface area (Å²) < 4.78 is 48.0. The average molecular weight is 493 g/mol. The molecule has 0 aliphatic heterocycles. The van der Waals surface area contributed by atoms with Gasteiger partial charge < -0.3 is 15.4 Å². The van der Waals surface area contributed by atoms with Gasteiger partial charge in [-0.3, -0.25) is 9.59 Å². The number of carbonyl (C=O) groups excluding carboxylic acids is 2. The fourth-order valence-corrected chi connectivity index (χ4v) is 3.28. The van der Waals surface area contributed by atoms with Gasteiger partial charge in [-0.1, -0.05) is 18.2 Å². The molecule has 3 rings (SSSR count). The van der Waals surface area contributed by atoms with Crippen molar-refractivity contribution in [1.82, 2.24) is 9.78 Å². The van der Waals surface area contributed by atoms with Gasteiger partial charge in [-0.2, -0.15) is 18.3 Å². The first-order chi connectivity index (χ1) is 16.0. The van der Waals surface area contributed by atoms with Crippen LogP contribution in [0.15, 0.2) is 61.3 Å². The lowest BCUT2D eigenvalue weighted by Gasteiger charge is -2.14. The van der Waals surface area contributed by atoms with E-state index in [0.717, 1.165) is 12.3 Å². The second-order valence-corrected chi connectivity index (χ2v) is 7.79. The first-order valence-electron chi connectivity index (χ1n) is 9.95. The fraction of sp³-hybridized carbons (Fsp3) is 0.174. The van der Waals surface area contributed by atoms with E-state index >= 15 is 0 Å². The predicted octanol–water partition coefficient (Wildman–Crippen LogP) is 5.71. The highest BCUT2D eigenvalue weighted by atomic mass is 35.5. The summed E-state index contributed by atoms with van der Waals surface area (Å²) in [5.74, 6) is -1.09. The Morgan fingerprint density at radius 3 is 2.29 bits per heavy atom. The Labute approximate surface area is 198 Å². The Bertz CT molecular complexity index is 1220. The zero-order valence-corrected chi connectivity index (χ0v) is 18.9. The smallest absolute Gasteiger partial charge is 0.434 e. The summed E-state index contributed by atoms with van der Waals surface area (Å²) >= 11 is 6.00. The SMILES string of the molecule is C=CC(=O)Nc1cc(Cl)cc(NC(=O)c2cnn(-c3ccc(OC(C)C)cc3)c2C(F)(F)F)c1. The summed E-state index contributed by atoms with van der Waals surface area (Å²) in [5, 5.41) is 8.77. The summed E-state index contributed by atoms with van der Waals surface area (Å²) in [4.78, 5) is 24.3. The van der Waals surface area contributed by atoms with E-state index in [4.69, 9.17) is 16.3 Å². The van der Waals surface area contributed by atoms with Crippen LogP contribution in [0.2, 0.25) is 5.02 Å². The minimum absolute atomic E-state index is 0.0768. The zero-order valence-electron chi connectivity index (χ0n) is 18.1. The lowest BCUT2D eigenvalue weighted by Crippen LogP contribution is -2.21. The first kappa shape index (κ1) is 24.8. The number of nitrogens with zero attached hydrogens (tertiary/aromatic N) is 2. The van der Waals surface area contributed by atoms with E-state index in [1.807, 2.05) is 13.8 Å². The molecule has 1 aromatic heterocycles. The molecule has 178 valence electrons. The van der Waals surface area contributed by atoms with E-state index in [0.29, 0.717) is 10.4 Å². The maximum Gasteiger partial charge on any atom is 0.434 e. The maximum absolute atomic E-state index is 13.9. The number of aromatic nitrogens is 2. The van der Waals surface area contributed by atoms with Crippen LogP contribution in [0, 0.1) is 0 Å². The number of alkyl halides is 3. The lowest BCUT2D eigenvalue weighted by atomic mass is 10.2. The Morgan fingerprint density at radius 1 is 1.12 bits per heavy atom. The topological polar surface area (TPSA) is 85.3 Å². The molecule has 0 bridgehead atoms. The van der Waals surface area contributed by atoms with Gasteiger partial charge in [0.15, 0.2) is 5.69 Å². The van der Waals surface area contributed by atoms with Crippen molar-refractivity contribution >= 4 is 34.8 Å². The number of hydrogen-bond donors (Lipinski definition) is 2. The number of carbonyl (C=O) groups is 2. The van der Waals surface area contributed by atoms with Crippen molar-refractivity contribution in [2.24, 2.45) is 0 Å². The predicted molar refractivity (Wildman–Crippen MR) is 123 cm³/mol. The molecular formula is C23H20ClF3N4O3. The molecular weight excluding hydrogens is 473 g/mol. The third-order valence-electron chi connectivity index (χ3n) is 4.34. The van der Waals surface area contributed by atoms with Gasteiger partial charge >= 0.3 is 6.18 Å². The van der Waals surface area contributed by atoms with Gasteiger partial charge in [0.2, 0.25) is 5.91 Å². The zero-order chi connectivity index (χ0) is 25.0. The number of benzene rings is 2. The number of halogens is 4. The van der Waals surface area contributed by atoms with E-state index in [-0.39, 0.29) is 28.2 Å². The van der Waals surface area contributed by atoms with Crippen LogP contribution >= 0.6 is 11.6 Å². The van der Waals surface area contributed by atoms with Crippen molar-refractivity contribution in [3.05, 3.63) is 77.6 Å². The minimum Gasteiger partial charge on any atom is -0.491 e. The van der Waals surface area contributed by atoms with Gasteiger partial charge in [0.05, 0.1) is 23.6 Å². The molecule has 0 fully saturated rings. The Morgan fingerprint density at radius 2 is 1.74 bits per heavy atom. The van der Waals surface area contributed by atoms with Gasteiger partial charge in [0.25, 0.3) is 5.91 Å². The largest absolute Gasteiger partial charge is 0.491 e. The molecule has 2 amide bonds. The molecule has 0 saturated carbocycles. The number of hydrogen-bond acceptors (Lipinski definition) is 4. The van der Waals surface area contributed by atoms with Crippen molar-refractivity contribution in [2.75, 3.05) is 10.6 Å². The monoisotopic (exact) mass is 492 g/mol. The lowest BCUT2D eigenvalue weighted by molar-refractivity contribution is -0.143. The van der Waals surface area contributed by atoms with Crippen LogP contribution in [0.1, 0.15) is 29.9 Å². The number of nitrogens with one attached hydrogen (secondary N) is 2. The summed E-state index contributed by atoms with van der Waals surface area (Å²) in [6.45, 7) is 6.98. The molecule has 34 heavy (non-hydrogen) atoms. The van der Waals surface area contributed by atoms with Crippen LogP contribution in [0.5, 0.6) is 5.75 Å². The number of rotatable bonds is 7. The highest BCUT2D eigenvalue weighted by Gasteiger charge is 2.40. The van der Waals surface area contributed by atoms with Gasteiger partial charge in [-0.25, -0.2) is 4.68 Å². The highest BCUT2D eigenvalue weighted by Crippen LogP contribution is 2.34. The molecule has 1 heterocycles. The Kier molecular flexibility index (Phi) is 7.31. The molecule has 11 heteroatoms. The van der Waals surface area contributed by atoms with Crippen molar-refractivity contribution in [3.63, 3.8) is 0 Å². The van der Waals surface area contributed by atoms with E-state index in [2.05, 4.69) is 22.3 Å². The number of ether oxygens (including phenoxy) is 1. The summed E-state index contributed by atoms with van der Waals surface area (Å²) in [6.07, 6.45) is -3.12. The van der Waals surface area contributed by atoms with Crippen molar-refractivity contribution < 1.29 is 27.5 Å². The van der Waals surface area contributed by atoms with Gasteiger partial charge in [0, 0.05) is 16.4 Å². The van der Waals surface area contributed by atoms with Crippen LogP contribution in [-0.2, 0) is 11.0 Å². The second kappa shape index (κ2) is 10.0. The second-order valence-electron chi connectivity index (χ2n) is 7.35. The van der Waals surface area contributed by atoms with Crippen LogP contribution in [0.3, 0.4) is 0 Å². The molecule has 0 saturated heterocycles. The normalized spacial score (nSPS) is 11.3. The van der Waals surface area contributed by atoms with Crippen molar-refractivity contribution in [2.45, 2.75) is 26.1 Å². The number of amides is 2. The van der Waals surface area contributed by atoms with Crippen molar-refractivity contribution in [1.29, 1.82) is 0 Å². The molecule has 0 atom stereocenters. The molecule has 7 nitrogen and oxygen atoms in total. The van der Waals surface area contributed by atoms with Crippen LogP contribution < -0.4 is 15.4 Å². The molecule has 2 N–H and O–H groups in total. The van der Waals surface area contributed by atoms with Gasteiger partial charge in [-0.05, 0) is 62.4 Å². The van der Waals surface area contributed by atoms with Crippen LogP contribution in [-0.4, -0.2) is 27.7 Å². The standard InChI is InChI=1S/C23H20ClF3N4O3/c1-4-20(32)29-15-9-14(24)10-16(11-15)30-22(33)19-12-28-31(21(19)23(25,26)27)17-5-7-18(8-6-17)34-13(2)3/h4-13H,1H2,2-3H3,(H,29,32)(H,30,33). The fourth-order valence-electron chi connectivity index (χ4n) is 3.05. The molecule has 3 aromatic rings. The average Bonchev–Trinajstić information content (AvgIpc) is 3.19. The quantitative estimate of drug-likeness (QED) is 0.414. The van der Waals surface area contributed by atoms with E-state index in [1.54, 1.807) is 0 Å². The summed E-state index contributed by atoms with van der Waals surface area (Å²) in [5.41, 5.74) is -1.54. The third kappa shape index (κ3) is 5.96. The van der Waals surface area contributed by atoms with E-state index < -0.39 is 29.2 Å². The molecule has 0 unspecified atom stereocenters. The molecule has 0 radical (unpaired) electrons. The van der Waals surface area contributed by atoms with Gasteiger partial charge in [0.1, 0.15) is 5.75 Å². The summed E-state index contributed by atoms with van der Waals surface area (Å²) in [7, 11) is 0. The van der Waals surface area contributed by atoms with E-state index in [1.165, 1.54) is 42.5 Å². The number of anilines is 2. The van der Waals surface area contributed by atoms with Crippen LogP contribution in [0.4, 0.5) is 24.5 Å². The van der Waals surface area contributed by atoms with Gasteiger partial charge in [-0.15, -0.1) is 0 Å². The molecule has 0 spiro atoms. The highest BCUT2D eigenvalue weighted by molar-refractivity contribution is 6.31. The Hall–Kier alpha value is -3.79. The maximum atomic E-state index is 13.9. The molecule has 0 aliphatic rings. The third-order valence-corrected chi connectivity index (χ3v) is 4.56. The summed E-state index contributed by atoms with van der Waals surface area (Å²) in [6, 6.07) is 9.93. The first-order valence-corrected chi connectivity index (χ1v) is 10.3. The molecule has 2 aromatic carbocycles. The minimum atomic E-state index is -4.88.